The highest BCUT2D eigenvalue weighted by molar-refractivity contribution is 5.86. The molecule has 2 aromatic rings. The highest BCUT2D eigenvalue weighted by Gasteiger charge is 2.04. The average Bonchev–Trinajstić information content (AvgIpc) is 2.17. The summed E-state index contributed by atoms with van der Waals surface area (Å²) in [5, 5.41) is 10.2. The first-order valence-corrected chi connectivity index (χ1v) is 4.35. The smallest absolute Gasteiger partial charge is 0.130 e. The van der Waals surface area contributed by atoms with E-state index in [9.17, 15) is 5.11 Å². The molecule has 1 heterocycles. The molecule has 0 saturated heterocycles. The first-order valence-electron chi connectivity index (χ1n) is 4.35. The first-order chi connectivity index (χ1) is 6.70. The van der Waals surface area contributed by atoms with E-state index in [0.717, 1.165) is 22.3 Å². The Hall–Kier alpha value is -1.77. The number of phenols is 1. The van der Waals surface area contributed by atoms with Crippen molar-refractivity contribution in [3.63, 3.8) is 0 Å². The van der Waals surface area contributed by atoms with Gasteiger partial charge in [0.05, 0.1) is 12.6 Å². The zero-order valence-corrected chi connectivity index (χ0v) is 8.11. The average molecular weight is 189 g/mol. The van der Waals surface area contributed by atoms with Crippen molar-refractivity contribution < 1.29 is 9.84 Å². The van der Waals surface area contributed by atoms with Crippen LogP contribution in [0.1, 0.15) is 5.69 Å². The summed E-state index contributed by atoms with van der Waals surface area (Å²) < 4.78 is 5.21. The molecule has 0 aliphatic rings. The van der Waals surface area contributed by atoms with Crippen molar-refractivity contribution in [1.29, 1.82) is 0 Å². The fourth-order valence-corrected chi connectivity index (χ4v) is 1.48. The van der Waals surface area contributed by atoms with Gasteiger partial charge >= 0.3 is 0 Å². The number of phenolic OH excluding ortho intramolecular Hbond substituents is 1. The second-order valence-corrected chi connectivity index (χ2v) is 3.17. The number of fused-ring (bicyclic) bond motifs is 1. The van der Waals surface area contributed by atoms with E-state index in [1.54, 1.807) is 25.3 Å². The quantitative estimate of drug-likeness (QED) is 0.748. The molecule has 3 nitrogen and oxygen atoms in total. The number of rotatable bonds is 1. The van der Waals surface area contributed by atoms with Crippen molar-refractivity contribution in [2.75, 3.05) is 7.11 Å². The van der Waals surface area contributed by atoms with Gasteiger partial charge in [0.2, 0.25) is 0 Å². The summed E-state index contributed by atoms with van der Waals surface area (Å²) in [5.41, 5.74) is 1.74. The highest BCUT2D eigenvalue weighted by atomic mass is 16.5. The summed E-state index contributed by atoms with van der Waals surface area (Å²) in [6.07, 6.45) is 0. The van der Waals surface area contributed by atoms with Crippen LogP contribution in [0, 0.1) is 6.92 Å². The molecule has 0 aliphatic heterocycles. The molecular weight excluding hydrogens is 178 g/mol. The number of aromatic hydroxyl groups is 1. The van der Waals surface area contributed by atoms with Crippen LogP contribution in [0.5, 0.6) is 11.5 Å². The Bertz CT molecular complexity index is 480. The molecule has 0 fully saturated rings. The lowest BCUT2D eigenvalue weighted by molar-refractivity contribution is 0.418. The van der Waals surface area contributed by atoms with Crippen molar-refractivity contribution in [2.45, 2.75) is 6.92 Å². The summed E-state index contributed by atoms with van der Waals surface area (Å²) in [6.45, 7) is 1.91. The van der Waals surface area contributed by atoms with Gasteiger partial charge in [-0.3, -0.25) is 4.98 Å². The third kappa shape index (κ3) is 1.37. The van der Waals surface area contributed by atoms with Crippen LogP contribution < -0.4 is 4.74 Å². The zero-order valence-electron chi connectivity index (χ0n) is 8.11. The number of hydrogen-bond donors (Lipinski definition) is 1. The number of hydrogen-bond acceptors (Lipinski definition) is 3. The Morgan fingerprint density at radius 2 is 2.07 bits per heavy atom. The number of nitrogens with zero attached hydrogens (tertiary/aromatic N) is 1. The minimum atomic E-state index is 0.224. The Morgan fingerprint density at radius 1 is 1.29 bits per heavy atom. The molecule has 0 spiro atoms. The van der Waals surface area contributed by atoms with E-state index in [0.29, 0.717) is 0 Å². The van der Waals surface area contributed by atoms with Crippen LogP contribution in [0.4, 0.5) is 0 Å². The fourth-order valence-electron chi connectivity index (χ4n) is 1.48. The monoisotopic (exact) mass is 189 g/mol. The van der Waals surface area contributed by atoms with Gasteiger partial charge in [0.15, 0.2) is 0 Å². The van der Waals surface area contributed by atoms with Gasteiger partial charge in [-0.05, 0) is 25.1 Å². The maximum Gasteiger partial charge on any atom is 0.130 e. The lowest BCUT2D eigenvalue weighted by atomic mass is 10.2. The summed E-state index contributed by atoms with van der Waals surface area (Å²) in [7, 11) is 1.61. The van der Waals surface area contributed by atoms with Crippen molar-refractivity contribution in [3.8, 4) is 11.5 Å². The molecule has 0 bridgehead atoms. The number of aryl methyl sites for hydroxylation is 1. The maximum atomic E-state index is 9.34. The van der Waals surface area contributed by atoms with E-state index in [1.165, 1.54) is 0 Å². The van der Waals surface area contributed by atoms with Crippen molar-refractivity contribution in [1.82, 2.24) is 4.98 Å². The molecule has 0 unspecified atom stereocenters. The Morgan fingerprint density at radius 3 is 2.79 bits per heavy atom. The van der Waals surface area contributed by atoms with Crippen LogP contribution in [-0.2, 0) is 0 Å². The van der Waals surface area contributed by atoms with Crippen molar-refractivity contribution >= 4 is 10.9 Å². The molecule has 0 saturated carbocycles. The predicted molar refractivity (Wildman–Crippen MR) is 54.7 cm³/mol. The molecule has 0 radical (unpaired) electrons. The van der Waals surface area contributed by atoms with Gasteiger partial charge in [0.25, 0.3) is 0 Å². The van der Waals surface area contributed by atoms with Crippen LogP contribution in [0.15, 0.2) is 24.3 Å². The van der Waals surface area contributed by atoms with Gasteiger partial charge in [-0.2, -0.15) is 0 Å². The standard InChI is InChI=1S/C11H11NO2/c1-7-5-11(14-2)9-6-8(13)3-4-10(9)12-7/h3-6,13H,1-2H3. The van der Waals surface area contributed by atoms with Gasteiger partial charge in [0.1, 0.15) is 11.5 Å². The molecule has 0 atom stereocenters. The molecule has 72 valence electrons. The lowest BCUT2D eigenvalue weighted by Gasteiger charge is -2.06. The van der Waals surface area contributed by atoms with Gasteiger partial charge in [0, 0.05) is 17.1 Å². The van der Waals surface area contributed by atoms with E-state index < -0.39 is 0 Å². The van der Waals surface area contributed by atoms with Crippen LogP contribution in [0.2, 0.25) is 0 Å². The largest absolute Gasteiger partial charge is 0.508 e. The zero-order chi connectivity index (χ0) is 10.1. The number of ether oxygens (including phenoxy) is 1. The summed E-state index contributed by atoms with van der Waals surface area (Å²) >= 11 is 0. The maximum absolute atomic E-state index is 9.34. The number of methoxy groups -OCH3 is 1. The number of aromatic nitrogens is 1. The minimum absolute atomic E-state index is 0.224. The van der Waals surface area contributed by atoms with E-state index in [4.69, 9.17) is 4.74 Å². The van der Waals surface area contributed by atoms with Crippen molar-refractivity contribution in [2.24, 2.45) is 0 Å². The van der Waals surface area contributed by atoms with E-state index in [2.05, 4.69) is 4.98 Å². The van der Waals surface area contributed by atoms with Crippen LogP contribution in [0.25, 0.3) is 10.9 Å². The van der Waals surface area contributed by atoms with E-state index in [-0.39, 0.29) is 5.75 Å². The van der Waals surface area contributed by atoms with E-state index >= 15 is 0 Å². The summed E-state index contributed by atoms with van der Waals surface area (Å²) in [5.74, 6) is 0.963. The third-order valence-corrected chi connectivity index (χ3v) is 2.10. The number of pyridine rings is 1. The molecule has 0 amide bonds. The molecule has 14 heavy (non-hydrogen) atoms. The Labute approximate surface area is 82.0 Å². The normalized spacial score (nSPS) is 10.4. The number of benzene rings is 1. The second-order valence-electron chi connectivity index (χ2n) is 3.17. The first kappa shape index (κ1) is 8.81. The molecule has 0 aliphatic carbocycles. The Balaban J connectivity index is 2.81. The minimum Gasteiger partial charge on any atom is -0.508 e. The van der Waals surface area contributed by atoms with Gasteiger partial charge in [-0.25, -0.2) is 0 Å². The van der Waals surface area contributed by atoms with Gasteiger partial charge < -0.3 is 9.84 Å². The topological polar surface area (TPSA) is 42.4 Å². The fraction of sp³-hybridized carbons (Fsp3) is 0.182. The second kappa shape index (κ2) is 3.18. The van der Waals surface area contributed by atoms with E-state index in [1.807, 2.05) is 13.0 Å². The molecule has 2 rings (SSSR count). The molecule has 1 aromatic carbocycles. The van der Waals surface area contributed by atoms with Crippen molar-refractivity contribution in [3.05, 3.63) is 30.0 Å². The van der Waals surface area contributed by atoms with Crippen LogP contribution >= 0.6 is 0 Å². The molecule has 1 aromatic heterocycles. The summed E-state index contributed by atoms with van der Waals surface area (Å²) in [4.78, 5) is 4.33. The molecular formula is C11H11NO2. The Kier molecular flexibility index (Phi) is 2.00. The highest BCUT2D eigenvalue weighted by Crippen LogP contribution is 2.27. The third-order valence-electron chi connectivity index (χ3n) is 2.10. The summed E-state index contributed by atoms with van der Waals surface area (Å²) in [6, 6.07) is 6.90. The lowest BCUT2D eigenvalue weighted by Crippen LogP contribution is -1.89. The SMILES string of the molecule is COc1cc(C)nc2ccc(O)cc12. The van der Waals surface area contributed by atoms with Gasteiger partial charge in [-0.15, -0.1) is 0 Å². The van der Waals surface area contributed by atoms with Crippen LogP contribution in [0.3, 0.4) is 0 Å². The van der Waals surface area contributed by atoms with Gasteiger partial charge in [-0.1, -0.05) is 0 Å². The predicted octanol–water partition coefficient (Wildman–Crippen LogP) is 2.26. The molecule has 1 N–H and O–H groups in total. The molecule has 3 heteroatoms. The van der Waals surface area contributed by atoms with Crippen LogP contribution in [-0.4, -0.2) is 17.2 Å².